The first-order chi connectivity index (χ1) is 8.83. The Morgan fingerprint density at radius 2 is 2.11 bits per heavy atom. The molecule has 1 aliphatic rings. The average molecular weight is 267 g/mol. The van der Waals surface area contributed by atoms with E-state index in [4.69, 9.17) is 9.15 Å². The molecule has 2 rings (SSSR count). The van der Waals surface area contributed by atoms with Gasteiger partial charge in [0.15, 0.2) is 5.69 Å². The Bertz CT molecular complexity index is 485. The third-order valence-electron chi connectivity index (χ3n) is 2.26. The lowest BCUT2D eigenvalue weighted by molar-refractivity contribution is 0.0631. The van der Waals surface area contributed by atoms with Gasteiger partial charge in [-0.05, 0) is 33.6 Å². The van der Waals surface area contributed by atoms with Crippen molar-refractivity contribution in [3.05, 3.63) is 12.0 Å². The van der Waals surface area contributed by atoms with Crippen LogP contribution in [0.15, 0.2) is 10.7 Å². The third kappa shape index (κ3) is 4.27. The van der Waals surface area contributed by atoms with E-state index in [1.165, 1.54) is 6.26 Å². The second-order valence-corrected chi connectivity index (χ2v) is 5.41. The number of rotatable bonds is 3. The number of amides is 2. The molecular formula is C12H17N3O4. The molecule has 0 saturated heterocycles. The number of hydrogen-bond acceptors (Lipinski definition) is 5. The Balaban J connectivity index is 1.89. The van der Waals surface area contributed by atoms with Gasteiger partial charge in [-0.25, -0.2) is 10.1 Å². The van der Waals surface area contributed by atoms with Crippen molar-refractivity contribution in [2.45, 2.75) is 45.3 Å². The molecule has 1 aromatic heterocycles. The summed E-state index contributed by atoms with van der Waals surface area (Å²) < 4.78 is 10.0. The van der Waals surface area contributed by atoms with Gasteiger partial charge in [0, 0.05) is 6.04 Å². The smallest absolute Gasteiger partial charge is 0.415 e. The SMILES string of the molecule is CC(C)(C)OC(=O)Nc1nc(C(=O)NC2CC2)co1. The molecule has 0 radical (unpaired) electrons. The molecule has 1 heterocycles. The molecule has 1 saturated carbocycles. The van der Waals surface area contributed by atoms with Crippen LogP contribution < -0.4 is 10.6 Å². The minimum Gasteiger partial charge on any atom is -0.443 e. The molecule has 0 unspecified atom stereocenters. The first kappa shape index (κ1) is 13.4. The predicted molar refractivity (Wildman–Crippen MR) is 66.8 cm³/mol. The van der Waals surface area contributed by atoms with Crippen molar-refractivity contribution in [3.63, 3.8) is 0 Å². The molecule has 1 aromatic rings. The fraction of sp³-hybridized carbons (Fsp3) is 0.583. The summed E-state index contributed by atoms with van der Waals surface area (Å²) in [6, 6.07) is 0.182. The van der Waals surface area contributed by atoms with Crippen LogP contribution in [0.4, 0.5) is 10.8 Å². The number of carbonyl (C=O) groups is 2. The quantitative estimate of drug-likeness (QED) is 0.872. The molecule has 0 spiro atoms. The molecule has 19 heavy (non-hydrogen) atoms. The molecule has 1 fully saturated rings. The van der Waals surface area contributed by atoms with E-state index >= 15 is 0 Å². The summed E-state index contributed by atoms with van der Waals surface area (Å²) in [5.74, 6) is -0.302. The molecule has 7 nitrogen and oxygen atoms in total. The van der Waals surface area contributed by atoms with Gasteiger partial charge in [0.2, 0.25) is 0 Å². The second-order valence-electron chi connectivity index (χ2n) is 5.41. The fourth-order valence-corrected chi connectivity index (χ4v) is 1.31. The van der Waals surface area contributed by atoms with E-state index in [0.717, 1.165) is 12.8 Å². The highest BCUT2D eigenvalue weighted by Gasteiger charge is 2.25. The zero-order valence-electron chi connectivity index (χ0n) is 11.1. The number of carbonyl (C=O) groups excluding carboxylic acids is 2. The van der Waals surface area contributed by atoms with Crippen LogP contribution in [0.2, 0.25) is 0 Å². The number of nitrogens with one attached hydrogen (secondary N) is 2. The summed E-state index contributed by atoms with van der Waals surface area (Å²) in [4.78, 5) is 27.0. The number of anilines is 1. The van der Waals surface area contributed by atoms with Gasteiger partial charge in [0.05, 0.1) is 0 Å². The van der Waals surface area contributed by atoms with Crippen LogP contribution in [0, 0.1) is 0 Å². The van der Waals surface area contributed by atoms with E-state index in [0.29, 0.717) is 0 Å². The minimum atomic E-state index is -0.677. The maximum absolute atomic E-state index is 11.6. The maximum Gasteiger partial charge on any atom is 0.415 e. The van der Waals surface area contributed by atoms with Crippen LogP contribution in [0.25, 0.3) is 0 Å². The second kappa shape index (κ2) is 4.91. The minimum absolute atomic E-state index is 0.0600. The van der Waals surface area contributed by atoms with Gasteiger partial charge in [0.25, 0.3) is 5.91 Å². The molecule has 104 valence electrons. The number of hydrogen-bond donors (Lipinski definition) is 2. The largest absolute Gasteiger partial charge is 0.443 e. The van der Waals surface area contributed by atoms with Crippen LogP contribution >= 0.6 is 0 Å². The van der Waals surface area contributed by atoms with Crippen LogP contribution in [0.3, 0.4) is 0 Å². The van der Waals surface area contributed by atoms with Crippen molar-refractivity contribution in [2.24, 2.45) is 0 Å². The molecule has 2 amide bonds. The lowest BCUT2D eigenvalue weighted by atomic mass is 10.2. The van der Waals surface area contributed by atoms with Crippen molar-refractivity contribution >= 4 is 18.0 Å². The number of aromatic nitrogens is 1. The molecule has 0 aromatic carbocycles. The lowest BCUT2D eigenvalue weighted by Gasteiger charge is -2.18. The van der Waals surface area contributed by atoms with Crippen molar-refractivity contribution in [2.75, 3.05) is 5.32 Å². The van der Waals surface area contributed by atoms with E-state index < -0.39 is 11.7 Å². The average Bonchev–Trinajstić information content (AvgIpc) is 2.93. The Kier molecular flexibility index (Phi) is 3.46. The Labute approximate surface area is 110 Å². The number of nitrogens with zero attached hydrogens (tertiary/aromatic N) is 1. The normalized spacial score (nSPS) is 14.9. The van der Waals surface area contributed by atoms with E-state index in [9.17, 15) is 9.59 Å². The molecule has 1 aliphatic carbocycles. The maximum atomic E-state index is 11.6. The highest BCUT2D eigenvalue weighted by atomic mass is 16.6. The lowest BCUT2D eigenvalue weighted by Crippen LogP contribution is -2.27. The standard InChI is InChI=1S/C12H17N3O4/c1-12(2,3)19-11(17)15-10-14-8(6-18-10)9(16)13-7-4-5-7/h6-7H,4-5H2,1-3H3,(H,13,16)(H,14,15,17). The number of ether oxygens (including phenoxy) is 1. The summed E-state index contributed by atoms with van der Waals surface area (Å²) in [5, 5.41) is 5.09. The summed E-state index contributed by atoms with van der Waals surface area (Å²) >= 11 is 0. The topological polar surface area (TPSA) is 93.5 Å². The van der Waals surface area contributed by atoms with Crippen LogP contribution in [0.1, 0.15) is 44.1 Å². The van der Waals surface area contributed by atoms with Crippen LogP contribution in [0.5, 0.6) is 0 Å². The molecule has 0 aliphatic heterocycles. The summed E-state index contributed by atoms with van der Waals surface area (Å²) in [7, 11) is 0. The highest BCUT2D eigenvalue weighted by Crippen LogP contribution is 2.19. The molecular weight excluding hydrogens is 250 g/mol. The van der Waals surface area contributed by atoms with Crippen LogP contribution in [-0.2, 0) is 4.74 Å². The molecule has 0 atom stereocenters. The fourth-order valence-electron chi connectivity index (χ4n) is 1.31. The third-order valence-corrected chi connectivity index (χ3v) is 2.26. The Hall–Kier alpha value is -2.05. The van der Waals surface area contributed by atoms with E-state index in [-0.39, 0.29) is 23.7 Å². The van der Waals surface area contributed by atoms with Gasteiger partial charge in [-0.15, -0.1) is 0 Å². The van der Waals surface area contributed by atoms with Crippen LogP contribution in [-0.4, -0.2) is 28.6 Å². The first-order valence-electron chi connectivity index (χ1n) is 6.10. The predicted octanol–water partition coefficient (Wildman–Crippen LogP) is 1.91. The van der Waals surface area contributed by atoms with Gasteiger partial charge >= 0.3 is 12.1 Å². The van der Waals surface area contributed by atoms with Gasteiger partial charge in [0.1, 0.15) is 11.9 Å². The van der Waals surface area contributed by atoms with E-state index in [2.05, 4.69) is 15.6 Å². The Morgan fingerprint density at radius 1 is 1.42 bits per heavy atom. The highest BCUT2D eigenvalue weighted by molar-refractivity contribution is 5.93. The van der Waals surface area contributed by atoms with E-state index in [1.807, 2.05) is 0 Å². The summed E-state index contributed by atoms with van der Waals surface area (Å²) in [6.07, 6.45) is 2.51. The Morgan fingerprint density at radius 3 is 2.68 bits per heavy atom. The summed E-state index contributed by atoms with van der Waals surface area (Å²) in [5.41, 5.74) is -0.471. The molecule has 0 bridgehead atoms. The zero-order chi connectivity index (χ0) is 14.0. The van der Waals surface area contributed by atoms with Crippen molar-refractivity contribution < 1.29 is 18.7 Å². The van der Waals surface area contributed by atoms with Crippen molar-refractivity contribution in [3.8, 4) is 0 Å². The van der Waals surface area contributed by atoms with Gasteiger partial charge in [-0.2, -0.15) is 4.98 Å². The molecule has 2 N–H and O–H groups in total. The summed E-state index contributed by atoms with van der Waals surface area (Å²) in [6.45, 7) is 5.24. The van der Waals surface area contributed by atoms with E-state index in [1.54, 1.807) is 20.8 Å². The van der Waals surface area contributed by atoms with Gasteiger partial charge < -0.3 is 14.5 Å². The number of oxazole rings is 1. The van der Waals surface area contributed by atoms with Crippen molar-refractivity contribution in [1.29, 1.82) is 0 Å². The zero-order valence-corrected chi connectivity index (χ0v) is 11.1. The monoisotopic (exact) mass is 267 g/mol. The van der Waals surface area contributed by atoms with Gasteiger partial charge in [-0.3, -0.25) is 4.79 Å². The van der Waals surface area contributed by atoms with Crippen molar-refractivity contribution in [1.82, 2.24) is 10.3 Å². The first-order valence-corrected chi connectivity index (χ1v) is 6.10. The molecule has 7 heteroatoms. The van der Waals surface area contributed by atoms with Gasteiger partial charge in [-0.1, -0.05) is 0 Å².